The van der Waals surface area contributed by atoms with Crippen molar-refractivity contribution in [3.05, 3.63) is 96.2 Å². The van der Waals surface area contributed by atoms with Gasteiger partial charge in [0.1, 0.15) is 17.6 Å². The van der Waals surface area contributed by atoms with Gasteiger partial charge in [-0.1, -0.05) is 32.9 Å². The molecular formula is C30H32N6O2S. The minimum atomic E-state index is -0.541. The maximum atomic E-state index is 12.7. The van der Waals surface area contributed by atoms with E-state index < -0.39 is 5.41 Å². The molecule has 2 unspecified atom stereocenters. The maximum Gasteiger partial charge on any atom is 0.229 e. The number of benzene rings is 1. The molecule has 1 aliphatic rings. The van der Waals surface area contributed by atoms with Crippen molar-refractivity contribution in [1.29, 1.82) is 0 Å². The first-order valence-corrected chi connectivity index (χ1v) is 13.2. The molecule has 2 N–H and O–H groups in total. The van der Waals surface area contributed by atoms with Crippen molar-refractivity contribution in [2.24, 2.45) is 5.41 Å². The van der Waals surface area contributed by atoms with Crippen molar-refractivity contribution in [3.8, 4) is 11.6 Å². The quantitative estimate of drug-likeness (QED) is 0.302. The summed E-state index contributed by atoms with van der Waals surface area (Å²) in [5.41, 5.74) is 3.85. The summed E-state index contributed by atoms with van der Waals surface area (Å²) in [5.74, 6) is 1.27. The second kappa shape index (κ2) is 10.5. The van der Waals surface area contributed by atoms with Gasteiger partial charge in [-0.3, -0.25) is 9.78 Å². The summed E-state index contributed by atoms with van der Waals surface area (Å²) in [6.07, 6.45) is 5.66. The molecule has 3 aromatic heterocycles. The van der Waals surface area contributed by atoms with Crippen LogP contribution >= 0.6 is 12.2 Å². The standard InChI is InChI=1S/C30H32N6O2S/c1-19-11-14-25(32-18-19)35-16-8-10-23(35)27-26(22-9-6-7-15-31-22)34-29(39)36(27)20-12-13-21(24(17-20)38-5)33-28(37)30(2,3)4/h6-18,26-27H,1-5H3,(H,33,37)(H,34,39). The summed E-state index contributed by atoms with van der Waals surface area (Å²) in [6, 6.07) is 19.3. The molecule has 39 heavy (non-hydrogen) atoms. The van der Waals surface area contributed by atoms with E-state index in [1.807, 2.05) is 94.7 Å². The summed E-state index contributed by atoms with van der Waals surface area (Å²) in [5, 5.41) is 7.05. The number of hydrogen-bond donors (Lipinski definition) is 2. The average molecular weight is 541 g/mol. The third-order valence-corrected chi connectivity index (χ3v) is 7.03. The highest BCUT2D eigenvalue weighted by Gasteiger charge is 2.42. The van der Waals surface area contributed by atoms with E-state index in [1.165, 1.54) is 0 Å². The molecule has 0 aliphatic carbocycles. The van der Waals surface area contributed by atoms with E-state index in [-0.39, 0.29) is 18.0 Å². The van der Waals surface area contributed by atoms with Crippen molar-refractivity contribution in [1.82, 2.24) is 19.9 Å². The number of carbonyl (C=O) groups excluding carboxylic acids is 1. The molecule has 2 atom stereocenters. The van der Waals surface area contributed by atoms with Crippen LogP contribution in [0.2, 0.25) is 0 Å². The van der Waals surface area contributed by atoms with Gasteiger partial charge in [0.15, 0.2) is 5.11 Å². The Balaban J connectivity index is 1.60. The third kappa shape index (κ3) is 5.22. The number of pyridine rings is 2. The van der Waals surface area contributed by atoms with Crippen molar-refractivity contribution in [3.63, 3.8) is 0 Å². The number of thiocarbonyl (C=S) groups is 1. The molecule has 4 aromatic rings. The van der Waals surface area contributed by atoms with Crippen LogP contribution in [0.25, 0.3) is 5.82 Å². The first-order chi connectivity index (χ1) is 18.7. The van der Waals surface area contributed by atoms with Gasteiger partial charge in [0.05, 0.1) is 24.5 Å². The van der Waals surface area contributed by atoms with E-state index in [0.717, 1.165) is 28.5 Å². The molecule has 1 aromatic carbocycles. The molecule has 1 saturated heterocycles. The van der Waals surface area contributed by atoms with Crippen LogP contribution < -0.4 is 20.3 Å². The number of nitrogens with zero attached hydrogens (tertiary/aromatic N) is 4. The van der Waals surface area contributed by atoms with E-state index in [4.69, 9.17) is 17.0 Å². The maximum absolute atomic E-state index is 12.7. The Labute approximate surface area is 234 Å². The van der Waals surface area contributed by atoms with E-state index in [0.29, 0.717) is 16.5 Å². The van der Waals surface area contributed by atoms with Gasteiger partial charge in [-0.15, -0.1) is 0 Å². The highest BCUT2D eigenvalue weighted by Crippen LogP contribution is 2.44. The van der Waals surface area contributed by atoms with Crippen LogP contribution in [-0.4, -0.2) is 32.7 Å². The van der Waals surface area contributed by atoms with Gasteiger partial charge in [0.2, 0.25) is 5.91 Å². The second-order valence-corrected chi connectivity index (χ2v) is 11.0. The number of anilines is 2. The van der Waals surface area contributed by atoms with Crippen molar-refractivity contribution in [2.75, 3.05) is 17.3 Å². The lowest BCUT2D eigenvalue weighted by Crippen LogP contribution is -2.30. The number of carbonyl (C=O) groups is 1. The predicted octanol–water partition coefficient (Wildman–Crippen LogP) is 5.75. The van der Waals surface area contributed by atoms with Crippen LogP contribution in [0.1, 0.15) is 49.8 Å². The highest BCUT2D eigenvalue weighted by atomic mass is 32.1. The van der Waals surface area contributed by atoms with Crippen LogP contribution in [-0.2, 0) is 4.79 Å². The number of amides is 1. The number of aromatic nitrogens is 3. The lowest BCUT2D eigenvalue weighted by molar-refractivity contribution is -0.123. The Kier molecular flexibility index (Phi) is 7.10. The minimum absolute atomic E-state index is 0.0940. The summed E-state index contributed by atoms with van der Waals surface area (Å²) in [6.45, 7) is 7.64. The zero-order valence-electron chi connectivity index (χ0n) is 22.7. The number of methoxy groups -OCH3 is 1. The first-order valence-electron chi connectivity index (χ1n) is 12.8. The molecule has 200 valence electrons. The van der Waals surface area contributed by atoms with Gasteiger partial charge in [-0.25, -0.2) is 4.98 Å². The Morgan fingerprint density at radius 1 is 1.08 bits per heavy atom. The minimum Gasteiger partial charge on any atom is -0.494 e. The summed E-state index contributed by atoms with van der Waals surface area (Å²) < 4.78 is 7.78. The van der Waals surface area contributed by atoms with Gasteiger partial charge in [-0.05, 0) is 67.2 Å². The van der Waals surface area contributed by atoms with Crippen molar-refractivity contribution < 1.29 is 9.53 Å². The van der Waals surface area contributed by atoms with Crippen LogP contribution in [0, 0.1) is 12.3 Å². The van der Waals surface area contributed by atoms with Crippen LogP contribution in [0.15, 0.2) is 79.3 Å². The van der Waals surface area contributed by atoms with E-state index in [1.54, 1.807) is 13.3 Å². The Bertz CT molecular complexity index is 1490. The fraction of sp³-hybridized carbons (Fsp3) is 0.267. The number of hydrogen-bond acceptors (Lipinski definition) is 5. The fourth-order valence-electron chi connectivity index (χ4n) is 4.62. The molecule has 9 heteroatoms. The molecule has 1 aliphatic heterocycles. The highest BCUT2D eigenvalue weighted by molar-refractivity contribution is 7.80. The summed E-state index contributed by atoms with van der Waals surface area (Å²) in [7, 11) is 1.59. The molecular weight excluding hydrogens is 508 g/mol. The largest absolute Gasteiger partial charge is 0.494 e. The van der Waals surface area contributed by atoms with Gasteiger partial charge in [-0.2, -0.15) is 0 Å². The van der Waals surface area contributed by atoms with Crippen molar-refractivity contribution >= 4 is 34.6 Å². The lowest BCUT2D eigenvalue weighted by Gasteiger charge is -2.29. The molecule has 0 saturated carbocycles. The zero-order valence-corrected chi connectivity index (χ0v) is 23.5. The Morgan fingerprint density at radius 3 is 2.56 bits per heavy atom. The van der Waals surface area contributed by atoms with Crippen LogP contribution in [0.3, 0.4) is 0 Å². The van der Waals surface area contributed by atoms with Gasteiger partial charge < -0.3 is 24.8 Å². The third-order valence-electron chi connectivity index (χ3n) is 6.72. The molecule has 8 nitrogen and oxygen atoms in total. The second-order valence-electron chi connectivity index (χ2n) is 10.6. The normalized spacial score (nSPS) is 17.2. The average Bonchev–Trinajstić information content (AvgIpc) is 3.53. The van der Waals surface area contributed by atoms with Gasteiger partial charge >= 0.3 is 0 Å². The smallest absolute Gasteiger partial charge is 0.229 e. The molecule has 1 amide bonds. The number of ether oxygens (including phenoxy) is 1. The van der Waals surface area contributed by atoms with Crippen LogP contribution in [0.4, 0.5) is 11.4 Å². The predicted molar refractivity (Wildman–Crippen MR) is 157 cm³/mol. The zero-order chi connectivity index (χ0) is 27.7. The number of nitrogens with one attached hydrogen (secondary N) is 2. The van der Waals surface area contributed by atoms with E-state index >= 15 is 0 Å². The molecule has 0 spiro atoms. The molecule has 0 bridgehead atoms. The lowest BCUT2D eigenvalue weighted by atomic mass is 9.95. The SMILES string of the molecule is COc1cc(N2C(=S)NC(c3ccccn3)C2c2cccn2-c2ccc(C)cn2)ccc1NC(=O)C(C)(C)C. The molecule has 0 radical (unpaired) electrons. The summed E-state index contributed by atoms with van der Waals surface area (Å²) in [4.78, 5) is 24.1. The Hall–Kier alpha value is -4.24. The molecule has 1 fully saturated rings. The number of aryl methyl sites for hydroxylation is 1. The first kappa shape index (κ1) is 26.4. The van der Waals surface area contributed by atoms with Gasteiger partial charge in [0.25, 0.3) is 0 Å². The monoisotopic (exact) mass is 540 g/mol. The molecule has 5 rings (SSSR count). The number of rotatable bonds is 6. The molecule has 4 heterocycles. The van der Waals surface area contributed by atoms with Crippen molar-refractivity contribution in [2.45, 2.75) is 39.8 Å². The van der Waals surface area contributed by atoms with E-state index in [9.17, 15) is 4.79 Å². The van der Waals surface area contributed by atoms with Gasteiger partial charge in [0, 0.05) is 41.5 Å². The summed E-state index contributed by atoms with van der Waals surface area (Å²) >= 11 is 5.91. The Morgan fingerprint density at radius 2 is 1.90 bits per heavy atom. The van der Waals surface area contributed by atoms with Crippen LogP contribution in [0.5, 0.6) is 5.75 Å². The van der Waals surface area contributed by atoms with E-state index in [2.05, 4.69) is 36.1 Å². The fourth-order valence-corrected chi connectivity index (χ4v) is 4.97. The topological polar surface area (TPSA) is 84.3 Å².